The second-order valence-electron chi connectivity index (χ2n) is 1.68. The molecular formula is C5H4KNO4S. The van der Waals surface area contributed by atoms with Crippen molar-refractivity contribution in [1.29, 1.82) is 0 Å². The van der Waals surface area contributed by atoms with Crippen LogP contribution in [0.15, 0.2) is 27.2 Å². The van der Waals surface area contributed by atoms with Crippen molar-refractivity contribution in [2.24, 2.45) is 4.40 Å². The van der Waals surface area contributed by atoms with E-state index in [1.54, 1.807) is 6.07 Å². The Hall–Kier alpha value is 0.496. The van der Waals surface area contributed by atoms with Crippen LogP contribution in [0.2, 0.25) is 0 Å². The quantitative estimate of drug-likeness (QED) is 0.301. The Bertz CT molecular complexity index is 342. The van der Waals surface area contributed by atoms with E-state index in [1.165, 1.54) is 12.3 Å². The molecule has 0 saturated heterocycles. The molecule has 1 aromatic rings. The first-order valence-electron chi connectivity index (χ1n) is 2.62. The minimum absolute atomic E-state index is 0. The van der Waals surface area contributed by atoms with E-state index in [-0.39, 0.29) is 57.1 Å². The monoisotopic (exact) mass is 213 g/mol. The molecule has 0 bridgehead atoms. The zero-order valence-corrected chi connectivity index (χ0v) is 10.2. The summed E-state index contributed by atoms with van der Waals surface area (Å²) >= 11 is 0. The van der Waals surface area contributed by atoms with Gasteiger partial charge in [-0.3, -0.25) is 0 Å². The zero-order chi connectivity index (χ0) is 8.32. The molecule has 0 aliphatic rings. The molecule has 1 aromatic heterocycles. The van der Waals surface area contributed by atoms with Crippen molar-refractivity contribution in [3.05, 3.63) is 24.2 Å². The standard InChI is InChI=1S/C5H5NO4S.K/c7-11(8,9)6-4-5-2-1-3-10-5;/h1-4H,(H,7,8,9);/q;+1/p-1/b6-4+;. The summed E-state index contributed by atoms with van der Waals surface area (Å²) in [6.07, 6.45) is 2.20. The molecule has 5 nitrogen and oxygen atoms in total. The first-order chi connectivity index (χ1) is 5.08. The van der Waals surface area contributed by atoms with Gasteiger partial charge in [-0.1, -0.05) is 0 Å². The fraction of sp³-hybridized carbons (Fsp3) is 0. The third-order valence-corrected chi connectivity index (χ3v) is 1.22. The molecule has 0 fully saturated rings. The minimum atomic E-state index is -4.54. The molecule has 0 radical (unpaired) electrons. The smallest absolute Gasteiger partial charge is 0.730 e. The van der Waals surface area contributed by atoms with Crippen molar-refractivity contribution in [1.82, 2.24) is 0 Å². The van der Waals surface area contributed by atoms with E-state index in [0.717, 1.165) is 6.21 Å². The van der Waals surface area contributed by atoms with Crippen LogP contribution in [0.25, 0.3) is 0 Å². The van der Waals surface area contributed by atoms with Crippen molar-refractivity contribution < 1.29 is 68.8 Å². The molecular weight excluding hydrogens is 209 g/mol. The molecule has 0 aliphatic heterocycles. The van der Waals surface area contributed by atoms with E-state index < -0.39 is 10.3 Å². The average molecular weight is 213 g/mol. The third kappa shape index (κ3) is 5.20. The van der Waals surface area contributed by atoms with Gasteiger partial charge in [-0.05, 0) is 12.1 Å². The van der Waals surface area contributed by atoms with Gasteiger partial charge in [0.05, 0.1) is 12.5 Å². The Balaban J connectivity index is 0.00000121. The zero-order valence-electron chi connectivity index (χ0n) is 6.30. The normalized spacial score (nSPS) is 11.4. The van der Waals surface area contributed by atoms with Crippen molar-refractivity contribution in [2.75, 3.05) is 0 Å². The molecule has 0 unspecified atom stereocenters. The van der Waals surface area contributed by atoms with E-state index in [9.17, 15) is 13.0 Å². The van der Waals surface area contributed by atoms with Crippen LogP contribution >= 0.6 is 0 Å². The van der Waals surface area contributed by atoms with Crippen molar-refractivity contribution in [3.63, 3.8) is 0 Å². The molecule has 12 heavy (non-hydrogen) atoms. The van der Waals surface area contributed by atoms with Gasteiger partial charge in [0.1, 0.15) is 5.76 Å². The molecule has 0 amide bonds. The summed E-state index contributed by atoms with van der Waals surface area (Å²) in [6, 6.07) is 3.04. The van der Waals surface area contributed by atoms with Gasteiger partial charge in [-0.2, -0.15) is 4.40 Å². The largest absolute Gasteiger partial charge is 1.00 e. The maximum Gasteiger partial charge on any atom is 1.00 e. The second-order valence-corrected chi connectivity index (χ2v) is 2.74. The molecule has 7 heteroatoms. The average Bonchev–Trinajstić information content (AvgIpc) is 2.32. The van der Waals surface area contributed by atoms with Crippen molar-refractivity contribution in [3.8, 4) is 0 Å². The number of hydrogen-bond donors (Lipinski definition) is 0. The van der Waals surface area contributed by atoms with Gasteiger partial charge in [0.2, 0.25) is 10.3 Å². The van der Waals surface area contributed by atoms with E-state index >= 15 is 0 Å². The number of nitrogens with zero attached hydrogens (tertiary/aromatic N) is 1. The van der Waals surface area contributed by atoms with E-state index in [1.807, 2.05) is 0 Å². The second kappa shape index (κ2) is 5.27. The fourth-order valence-corrected chi connectivity index (χ4v) is 0.714. The van der Waals surface area contributed by atoms with Gasteiger partial charge in [0.25, 0.3) is 0 Å². The first kappa shape index (κ1) is 12.5. The number of hydrogen-bond acceptors (Lipinski definition) is 4. The molecule has 0 aliphatic carbocycles. The predicted molar refractivity (Wildman–Crippen MR) is 36.0 cm³/mol. The summed E-state index contributed by atoms with van der Waals surface area (Å²) < 4.78 is 37.2. The van der Waals surface area contributed by atoms with E-state index in [4.69, 9.17) is 0 Å². The van der Waals surface area contributed by atoms with Crippen LogP contribution < -0.4 is 51.4 Å². The fourth-order valence-electron chi connectivity index (χ4n) is 0.481. The molecule has 0 spiro atoms. The van der Waals surface area contributed by atoms with Crippen LogP contribution in [-0.4, -0.2) is 19.2 Å². The summed E-state index contributed by atoms with van der Waals surface area (Å²) in [7, 11) is -4.54. The molecule has 1 heterocycles. The summed E-state index contributed by atoms with van der Waals surface area (Å²) in [5.74, 6) is 0.226. The predicted octanol–water partition coefficient (Wildman–Crippen LogP) is -2.84. The Morgan fingerprint density at radius 3 is 2.67 bits per heavy atom. The van der Waals surface area contributed by atoms with Crippen molar-refractivity contribution >= 4 is 16.5 Å². The van der Waals surface area contributed by atoms with Crippen LogP contribution in [-0.2, 0) is 10.3 Å². The van der Waals surface area contributed by atoms with Gasteiger partial charge < -0.3 is 8.97 Å². The summed E-state index contributed by atoms with van der Waals surface area (Å²) in [6.45, 7) is 0. The topological polar surface area (TPSA) is 82.7 Å². The van der Waals surface area contributed by atoms with Crippen LogP contribution in [0, 0.1) is 0 Å². The maximum atomic E-state index is 9.93. The van der Waals surface area contributed by atoms with Crippen LogP contribution in [0.1, 0.15) is 5.76 Å². The first-order valence-corrected chi connectivity index (χ1v) is 3.99. The van der Waals surface area contributed by atoms with Gasteiger partial charge in [0.15, 0.2) is 0 Å². The number of furan rings is 1. The van der Waals surface area contributed by atoms with Crippen LogP contribution in [0.4, 0.5) is 0 Å². The van der Waals surface area contributed by atoms with Crippen LogP contribution in [0.3, 0.4) is 0 Å². The third-order valence-electron chi connectivity index (χ3n) is 0.852. The maximum absolute atomic E-state index is 9.93. The molecule has 1 rings (SSSR count). The SMILES string of the molecule is O=S(=O)([O-])/N=C/c1ccco1.[K+]. The van der Waals surface area contributed by atoms with Gasteiger partial charge in [-0.25, -0.2) is 8.42 Å². The summed E-state index contributed by atoms with van der Waals surface area (Å²) in [4.78, 5) is 0. The Labute approximate surface area is 112 Å². The summed E-state index contributed by atoms with van der Waals surface area (Å²) in [5, 5.41) is 0. The van der Waals surface area contributed by atoms with Crippen molar-refractivity contribution in [2.45, 2.75) is 0 Å². The molecule has 0 aromatic carbocycles. The Morgan fingerprint density at radius 2 is 2.25 bits per heavy atom. The Kier molecular flexibility index (Phi) is 5.49. The van der Waals surface area contributed by atoms with Crippen LogP contribution in [0.5, 0.6) is 0 Å². The Morgan fingerprint density at radius 1 is 1.58 bits per heavy atom. The van der Waals surface area contributed by atoms with Gasteiger partial charge >= 0.3 is 51.4 Å². The number of rotatable bonds is 2. The van der Waals surface area contributed by atoms with Gasteiger partial charge in [-0.15, -0.1) is 0 Å². The minimum Gasteiger partial charge on any atom is -0.730 e. The summed E-state index contributed by atoms with van der Waals surface area (Å²) in [5.41, 5.74) is 0. The molecule has 0 saturated carbocycles. The molecule has 0 atom stereocenters. The molecule has 0 N–H and O–H groups in total. The van der Waals surface area contributed by atoms with Gasteiger partial charge in [0, 0.05) is 0 Å². The van der Waals surface area contributed by atoms with E-state index in [0.29, 0.717) is 0 Å². The molecule has 60 valence electrons. The van der Waals surface area contributed by atoms with E-state index in [2.05, 4.69) is 8.81 Å².